The third kappa shape index (κ3) is 4.72. The van der Waals surface area contributed by atoms with Crippen molar-refractivity contribution in [3.8, 4) is 23.0 Å². The fourth-order valence-corrected chi connectivity index (χ4v) is 6.49. The van der Waals surface area contributed by atoms with Crippen LogP contribution in [0.4, 0.5) is 11.4 Å². The highest BCUT2D eigenvalue weighted by molar-refractivity contribution is 7.92. The van der Waals surface area contributed by atoms with E-state index in [0.717, 1.165) is 0 Å². The van der Waals surface area contributed by atoms with Crippen LogP contribution in [0.25, 0.3) is 0 Å². The fourth-order valence-electron chi connectivity index (χ4n) is 4.58. The molecule has 0 aromatic heterocycles. The second-order valence-corrected chi connectivity index (χ2v) is 10.8. The number of hydrogen-bond acceptors (Lipinski definition) is 8. The molecule has 0 radical (unpaired) electrons. The Balaban J connectivity index is 1.45. The minimum atomic E-state index is -4.01. The van der Waals surface area contributed by atoms with Gasteiger partial charge in [-0.2, -0.15) is 0 Å². The first-order valence-electron chi connectivity index (χ1n) is 11.9. The van der Waals surface area contributed by atoms with Crippen LogP contribution in [0.2, 0.25) is 0 Å². The molecule has 2 aliphatic rings. The van der Waals surface area contributed by atoms with Crippen LogP contribution in [0.15, 0.2) is 65.6 Å². The SMILES string of the molecule is COc1ccc(C2CC(=O)N(CC(=O)Nc3ccc4c(c3)OCCO4)c3ccccc3S2(=O)=O)cc1OC. The van der Waals surface area contributed by atoms with Crippen molar-refractivity contribution in [1.82, 2.24) is 0 Å². The van der Waals surface area contributed by atoms with Gasteiger partial charge >= 0.3 is 0 Å². The number of para-hydroxylation sites is 1. The van der Waals surface area contributed by atoms with Gasteiger partial charge in [-0.15, -0.1) is 0 Å². The van der Waals surface area contributed by atoms with E-state index in [1.165, 1.54) is 31.3 Å². The molecule has 10 nitrogen and oxygen atoms in total. The number of methoxy groups -OCH3 is 2. The van der Waals surface area contributed by atoms with Gasteiger partial charge in [0.15, 0.2) is 32.8 Å². The van der Waals surface area contributed by atoms with Crippen molar-refractivity contribution in [2.75, 3.05) is 44.2 Å². The average molecular weight is 539 g/mol. The molecule has 0 spiro atoms. The lowest BCUT2D eigenvalue weighted by molar-refractivity contribution is -0.121. The van der Waals surface area contributed by atoms with Crippen molar-refractivity contribution in [3.63, 3.8) is 0 Å². The maximum Gasteiger partial charge on any atom is 0.244 e. The molecule has 3 aromatic carbocycles. The average Bonchev–Trinajstić information content (AvgIpc) is 3.01. The normalized spacial score (nSPS) is 17.7. The molecular formula is C27H26N2O8S. The Morgan fingerprint density at radius 1 is 0.974 bits per heavy atom. The summed E-state index contributed by atoms with van der Waals surface area (Å²) in [6.45, 7) is 0.472. The van der Waals surface area contributed by atoms with Crippen LogP contribution in [-0.4, -0.2) is 54.2 Å². The molecule has 0 aliphatic carbocycles. The second-order valence-electron chi connectivity index (χ2n) is 8.71. The molecule has 0 fully saturated rings. The van der Waals surface area contributed by atoms with E-state index >= 15 is 0 Å². The number of nitrogens with zero attached hydrogens (tertiary/aromatic N) is 1. The molecule has 1 N–H and O–H groups in total. The van der Waals surface area contributed by atoms with Crippen molar-refractivity contribution < 1.29 is 37.0 Å². The number of fused-ring (bicyclic) bond motifs is 2. The summed E-state index contributed by atoms with van der Waals surface area (Å²) >= 11 is 0. The molecule has 0 bridgehead atoms. The molecule has 1 atom stereocenters. The van der Waals surface area contributed by atoms with Crippen molar-refractivity contribution in [2.24, 2.45) is 0 Å². The Bertz CT molecular complexity index is 1500. The number of amides is 2. The minimum Gasteiger partial charge on any atom is -0.493 e. The lowest BCUT2D eigenvalue weighted by atomic mass is 10.1. The topological polar surface area (TPSA) is 120 Å². The van der Waals surface area contributed by atoms with Gasteiger partial charge in [-0.3, -0.25) is 9.59 Å². The summed E-state index contributed by atoms with van der Waals surface area (Å²) in [5, 5.41) is 1.58. The zero-order valence-electron chi connectivity index (χ0n) is 20.8. The highest BCUT2D eigenvalue weighted by atomic mass is 32.2. The van der Waals surface area contributed by atoms with E-state index in [1.807, 2.05) is 0 Å². The van der Waals surface area contributed by atoms with Crippen molar-refractivity contribution in [3.05, 3.63) is 66.2 Å². The van der Waals surface area contributed by atoms with Crippen molar-refractivity contribution >= 4 is 33.0 Å². The largest absolute Gasteiger partial charge is 0.493 e. The first-order chi connectivity index (χ1) is 18.3. The summed E-state index contributed by atoms with van der Waals surface area (Å²) < 4.78 is 49.3. The molecule has 3 aromatic rings. The van der Waals surface area contributed by atoms with Gasteiger partial charge in [0.05, 0.1) is 30.1 Å². The Hall–Kier alpha value is -4.25. The van der Waals surface area contributed by atoms with E-state index < -0.39 is 26.9 Å². The van der Waals surface area contributed by atoms with E-state index in [0.29, 0.717) is 47.5 Å². The first kappa shape index (κ1) is 25.4. The second kappa shape index (κ2) is 10.3. The monoisotopic (exact) mass is 538 g/mol. The smallest absolute Gasteiger partial charge is 0.244 e. The van der Waals surface area contributed by atoms with Gasteiger partial charge in [-0.25, -0.2) is 8.42 Å². The Kier molecular flexibility index (Phi) is 6.85. The van der Waals surface area contributed by atoms with Crippen LogP contribution in [0, 0.1) is 0 Å². The van der Waals surface area contributed by atoms with E-state index in [2.05, 4.69) is 5.32 Å². The number of rotatable bonds is 6. The summed E-state index contributed by atoms with van der Waals surface area (Å²) in [7, 11) is -1.08. The lowest BCUT2D eigenvalue weighted by Gasteiger charge is -2.22. The molecule has 2 aliphatic heterocycles. The molecule has 5 rings (SSSR count). The Morgan fingerprint density at radius 2 is 1.71 bits per heavy atom. The van der Waals surface area contributed by atoms with Gasteiger partial charge in [0.2, 0.25) is 11.8 Å². The predicted molar refractivity (Wildman–Crippen MR) is 139 cm³/mol. The van der Waals surface area contributed by atoms with E-state index in [4.69, 9.17) is 18.9 Å². The molecule has 38 heavy (non-hydrogen) atoms. The lowest BCUT2D eigenvalue weighted by Crippen LogP contribution is -2.38. The van der Waals surface area contributed by atoms with E-state index in [-0.39, 0.29) is 23.5 Å². The summed E-state index contributed by atoms with van der Waals surface area (Å²) in [4.78, 5) is 27.7. The number of benzene rings is 3. The molecule has 198 valence electrons. The van der Waals surface area contributed by atoms with E-state index in [1.54, 1.807) is 48.5 Å². The molecular weight excluding hydrogens is 512 g/mol. The molecule has 11 heteroatoms. The van der Waals surface area contributed by atoms with Gasteiger partial charge in [0, 0.05) is 18.2 Å². The fraction of sp³-hybridized carbons (Fsp3) is 0.259. The number of carbonyl (C=O) groups excluding carboxylic acids is 2. The third-order valence-electron chi connectivity index (χ3n) is 6.41. The zero-order valence-corrected chi connectivity index (χ0v) is 21.6. The third-order valence-corrected chi connectivity index (χ3v) is 8.55. The van der Waals surface area contributed by atoms with Gasteiger partial charge in [-0.05, 0) is 42.0 Å². The number of hydrogen-bond donors (Lipinski definition) is 1. The van der Waals surface area contributed by atoms with Gasteiger partial charge in [-0.1, -0.05) is 18.2 Å². The maximum atomic E-state index is 13.8. The van der Waals surface area contributed by atoms with Crippen molar-refractivity contribution in [1.29, 1.82) is 0 Å². The molecule has 1 unspecified atom stereocenters. The molecule has 0 saturated carbocycles. The highest BCUT2D eigenvalue weighted by Crippen LogP contribution is 2.42. The maximum absolute atomic E-state index is 13.8. The zero-order chi connectivity index (χ0) is 26.9. The number of ether oxygens (including phenoxy) is 4. The van der Waals surface area contributed by atoms with Crippen LogP contribution in [0.5, 0.6) is 23.0 Å². The van der Waals surface area contributed by atoms with Crippen LogP contribution in [-0.2, 0) is 19.4 Å². The van der Waals surface area contributed by atoms with Crippen LogP contribution >= 0.6 is 0 Å². The number of carbonyl (C=O) groups is 2. The quantitative estimate of drug-likeness (QED) is 0.507. The number of nitrogens with one attached hydrogen (secondary N) is 1. The molecule has 0 saturated heterocycles. The standard InChI is InChI=1S/C27H26N2O8S/c1-34-20-9-7-17(13-22(20)35-2)25-15-27(31)29(19-5-3-4-6-24(19)38(25,32)33)16-26(30)28-18-8-10-21-23(14-18)37-12-11-36-21/h3-10,13-14,25H,11-12,15-16H2,1-2H3,(H,28,30). The number of anilines is 2. The summed E-state index contributed by atoms with van der Waals surface area (Å²) in [6.07, 6.45) is -0.357. The van der Waals surface area contributed by atoms with Crippen LogP contribution < -0.4 is 29.2 Å². The van der Waals surface area contributed by atoms with Crippen LogP contribution in [0.1, 0.15) is 17.2 Å². The minimum absolute atomic E-state index is 0.0298. The van der Waals surface area contributed by atoms with Crippen molar-refractivity contribution in [2.45, 2.75) is 16.6 Å². The van der Waals surface area contributed by atoms with E-state index in [9.17, 15) is 18.0 Å². The first-order valence-corrected chi connectivity index (χ1v) is 13.4. The predicted octanol–water partition coefficient (Wildman–Crippen LogP) is 3.37. The van der Waals surface area contributed by atoms with Crippen LogP contribution in [0.3, 0.4) is 0 Å². The van der Waals surface area contributed by atoms with Gasteiger partial charge in [0.25, 0.3) is 0 Å². The molecule has 2 amide bonds. The summed E-state index contributed by atoms with van der Waals surface area (Å²) in [6, 6.07) is 16.0. The van der Waals surface area contributed by atoms with Gasteiger partial charge < -0.3 is 29.2 Å². The Morgan fingerprint density at radius 3 is 2.47 bits per heavy atom. The summed E-state index contributed by atoms with van der Waals surface area (Å²) in [5.41, 5.74) is 0.997. The Labute approximate surface area is 220 Å². The number of sulfone groups is 1. The van der Waals surface area contributed by atoms with Gasteiger partial charge in [0.1, 0.15) is 19.8 Å². The molecule has 2 heterocycles. The summed E-state index contributed by atoms with van der Waals surface area (Å²) in [5.74, 6) is 0.876. The highest BCUT2D eigenvalue weighted by Gasteiger charge is 2.40.